The lowest BCUT2D eigenvalue weighted by atomic mass is 10.0. The molecule has 5 nitrogen and oxygen atoms in total. The van der Waals surface area contributed by atoms with Crippen LogP contribution in [0.15, 0.2) is 46.9 Å². The molecule has 1 fully saturated rings. The van der Waals surface area contributed by atoms with Crippen LogP contribution >= 0.6 is 27.7 Å². The Labute approximate surface area is 177 Å². The maximum absolute atomic E-state index is 10.3. The van der Waals surface area contributed by atoms with E-state index in [1.165, 1.54) is 5.56 Å². The molecule has 0 bridgehead atoms. The van der Waals surface area contributed by atoms with E-state index in [4.69, 9.17) is 4.74 Å². The van der Waals surface area contributed by atoms with Crippen LogP contribution in [0.1, 0.15) is 23.6 Å². The third kappa shape index (κ3) is 4.90. The van der Waals surface area contributed by atoms with E-state index in [2.05, 4.69) is 47.1 Å². The van der Waals surface area contributed by atoms with Crippen molar-refractivity contribution in [2.75, 3.05) is 6.61 Å². The van der Waals surface area contributed by atoms with Crippen LogP contribution in [-0.4, -0.2) is 56.0 Å². The average Bonchev–Trinajstić information content (AvgIpc) is 2.70. The van der Waals surface area contributed by atoms with E-state index in [0.717, 1.165) is 33.8 Å². The Morgan fingerprint density at radius 2 is 1.64 bits per heavy atom. The molecule has 0 unspecified atom stereocenters. The quantitative estimate of drug-likeness (QED) is 0.520. The lowest BCUT2D eigenvalue weighted by molar-refractivity contribution is -0.0910. The zero-order valence-electron chi connectivity index (χ0n) is 15.5. The molecule has 0 saturated carbocycles. The zero-order chi connectivity index (χ0) is 20.3. The van der Waals surface area contributed by atoms with Crippen LogP contribution in [0, 0.1) is 0 Å². The largest absolute Gasteiger partial charge is 0.477 e. The van der Waals surface area contributed by atoms with Crippen molar-refractivity contribution in [3.63, 3.8) is 0 Å². The van der Waals surface area contributed by atoms with Gasteiger partial charge in [0.1, 0.15) is 18.0 Å². The SMILES string of the molecule is CCc1ccc(Cc2cc(Br)ccc2O[C@@H]2S[C@H](CO)[C@@H](O)[C@H](O)[C@H]2O)cc1. The van der Waals surface area contributed by atoms with Gasteiger partial charge in [-0.1, -0.05) is 47.1 Å². The predicted molar refractivity (Wildman–Crippen MR) is 114 cm³/mol. The second kappa shape index (κ2) is 9.61. The van der Waals surface area contributed by atoms with Crippen molar-refractivity contribution in [2.24, 2.45) is 0 Å². The Hall–Kier alpha value is -1.09. The minimum absolute atomic E-state index is 0.313. The molecule has 2 aromatic rings. The Bertz CT molecular complexity index is 783. The van der Waals surface area contributed by atoms with Crippen LogP contribution in [0.2, 0.25) is 0 Å². The fourth-order valence-electron chi connectivity index (χ4n) is 3.20. The number of aliphatic hydroxyl groups excluding tert-OH is 4. The number of thioether (sulfide) groups is 1. The summed E-state index contributed by atoms with van der Waals surface area (Å²) in [6, 6.07) is 14.0. The third-order valence-corrected chi connectivity index (χ3v) is 6.85. The molecule has 0 amide bonds. The Balaban J connectivity index is 1.81. The second-order valence-corrected chi connectivity index (χ2v) is 9.17. The molecule has 1 saturated heterocycles. The summed E-state index contributed by atoms with van der Waals surface area (Å²) in [5, 5.41) is 39.2. The number of hydrogen-bond donors (Lipinski definition) is 4. The van der Waals surface area contributed by atoms with Crippen molar-refractivity contribution in [2.45, 2.75) is 48.8 Å². The molecule has 1 aliphatic rings. The molecule has 1 aliphatic heterocycles. The monoisotopic (exact) mass is 468 g/mol. The van der Waals surface area contributed by atoms with E-state index < -0.39 is 29.0 Å². The summed E-state index contributed by atoms with van der Waals surface area (Å²) in [4.78, 5) is 0. The molecule has 0 aliphatic carbocycles. The molecular weight excluding hydrogens is 444 g/mol. The molecule has 3 rings (SSSR count). The number of ether oxygens (including phenoxy) is 1. The van der Waals surface area contributed by atoms with Crippen LogP contribution in [-0.2, 0) is 12.8 Å². The standard InChI is InChI=1S/C21H25BrO5S/c1-2-12-3-5-13(6-4-12)9-14-10-15(22)7-8-16(14)27-21-20(26)19(25)18(24)17(11-23)28-21/h3-8,10,17-21,23-26H,2,9,11H2,1H3/t17-,18-,19+,20-,21-/m1/s1. The smallest absolute Gasteiger partial charge is 0.173 e. The molecule has 5 atom stereocenters. The van der Waals surface area contributed by atoms with Gasteiger partial charge in [0.15, 0.2) is 5.44 Å². The lowest BCUT2D eigenvalue weighted by Crippen LogP contribution is -2.55. The summed E-state index contributed by atoms with van der Waals surface area (Å²) < 4.78 is 6.95. The van der Waals surface area contributed by atoms with Gasteiger partial charge in [0.05, 0.1) is 18.0 Å². The van der Waals surface area contributed by atoms with Gasteiger partial charge in [0, 0.05) is 10.9 Å². The number of rotatable bonds is 6. The van der Waals surface area contributed by atoms with E-state index in [1.54, 1.807) is 0 Å². The summed E-state index contributed by atoms with van der Waals surface area (Å²) in [5.41, 5.74) is 2.56. The van der Waals surface area contributed by atoms with E-state index >= 15 is 0 Å². The maximum Gasteiger partial charge on any atom is 0.173 e. The first kappa shape index (κ1) is 21.6. The summed E-state index contributed by atoms with van der Waals surface area (Å²) in [6.45, 7) is 1.81. The Morgan fingerprint density at radius 3 is 2.29 bits per heavy atom. The normalized spacial score (nSPS) is 27.6. The van der Waals surface area contributed by atoms with Crippen molar-refractivity contribution in [1.82, 2.24) is 0 Å². The van der Waals surface area contributed by atoms with Gasteiger partial charge >= 0.3 is 0 Å². The number of aliphatic hydroxyl groups is 4. The summed E-state index contributed by atoms with van der Waals surface area (Å²) in [5.74, 6) is 0.597. The molecule has 0 radical (unpaired) electrons. The van der Waals surface area contributed by atoms with Gasteiger partial charge in [-0.15, -0.1) is 11.8 Å². The van der Waals surface area contributed by atoms with Gasteiger partial charge in [-0.05, 0) is 41.3 Å². The van der Waals surface area contributed by atoms with Gasteiger partial charge in [-0.2, -0.15) is 0 Å². The third-order valence-electron chi connectivity index (χ3n) is 4.94. The van der Waals surface area contributed by atoms with Crippen molar-refractivity contribution in [1.29, 1.82) is 0 Å². The minimum Gasteiger partial charge on any atom is -0.477 e. The highest BCUT2D eigenvalue weighted by molar-refractivity contribution is 9.10. The first-order valence-electron chi connectivity index (χ1n) is 9.26. The van der Waals surface area contributed by atoms with Crippen LogP contribution in [0.3, 0.4) is 0 Å². The van der Waals surface area contributed by atoms with Crippen LogP contribution < -0.4 is 4.74 Å². The molecule has 152 valence electrons. The number of hydrogen-bond acceptors (Lipinski definition) is 6. The summed E-state index contributed by atoms with van der Waals surface area (Å²) in [7, 11) is 0. The van der Waals surface area contributed by atoms with Gasteiger partial charge < -0.3 is 25.2 Å². The topological polar surface area (TPSA) is 90.2 Å². The first-order chi connectivity index (χ1) is 13.4. The summed E-state index contributed by atoms with van der Waals surface area (Å²) >= 11 is 4.62. The molecule has 7 heteroatoms. The summed E-state index contributed by atoms with van der Waals surface area (Å²) in [6.07, 6.45) is -2.19. The van der Waals surface area contributed by atoms with E-state index in [0.29, 0.717) is 12.2 Å². The average molecular weight is 469 g/mol. The van der Waals surface area contributed by atoms with Crippen molar-refractivity contribution in [3.8, 4) is 5.75 Å². The van der Waals surface area contributed by atoms with Crippen LogP contribution in [0.25, 0.3) is 0 Å². The minimum atomic E-state index is -1.37. The Morgan fingerprint density at radius 1 is 0.964 bits per heavy atom. The van der Waals surface area contributed by atoms with E-state index in [1.807, 2.05) is 18.2 Å². The molecular formula is C21H25BrO5S. The lowest BCUT2D eigenvalue weighted by Gasteiger charge is -2.39. The Kier molecular flexibility index (Phi) is 7.42. The number of benzene rings is 2. The van der Waals surface area contributed by atoms with Crippen molar-refractivity contribution in [3.05, 3.63) is 63.6 Å². The molecule has 4 N–H and O–H groups in total. The molecule has 0 aromatic heterocycles. The molecule has 1 heterocycles. The van der Waals surface area contributed by atoms with E-state index in [9.17, 15) is 20.4 Å². The zero-order valence-corrected chi connectivity index (χ0v) is 17.9. The number of halogens is 1. The maximum atomic E-state index is 10.3. The van der Waals surface area contributed by atoms with Gasteiger partial charge in [0.2, 0.25) is 0 Å². The van der Waals surface area contributed by atoms with Crippen LogP contribution in [0.5, 0.6) is 5.75 Å². The van der Waals surface area contributed by atoms with Crippen molar-refractivity contribution < 1.29 is 25.2 Å². The van der Waals surface area contributed by atoms with Gasteiger partial charge in [-0.25, -0.2) is 0 Å². The van der Waals surface area contributed by atoms with Crippen molar-refractivity contribution >= 4 is 27.7 Å². The molecule has 28 heavy (non-hydrogen) atoms. The molecule has 0 spiro atoms. The highest BCUT2D eigenvalue weighted by Crippen LogP contribution is 2.36. The highest BCUT2D eigenvalue weighted by atomic mass is 79.9. The predicted octanol–water partition coefficient (Wildman–Crippen LogP) is 2.50. The highest BCUT2D eigenvalue weighted by Gasteiger charge is 2.44. The molecule has 2 aromatic carbocycles. The number of aryl methyl sites for hydroxylation is 1. The van der Waals surface area contributed by atoms with Crippen LogP contribution in [0.4, 0.5) is 0 Å². The fourth-order valence-corrected chi connectivity index (χ4v) is 4.85. The first-order valence-corrected chi connectivity index (χ1v) is 11.0. The fraction of sp³-hybridized carbons (Fsp3) is 0.429. The van der Waals surface area contributed by atoms with Gasteiger partial charge in [0.25, 0.3) is 0 Å². The van der Waals surface area contributed by atoms with E-state index in [-0.39, 0.29) is 6.61 Å². The van der Waals surface area contributed by atoms with Gasteiger partial charge in [-0.3, -0.25) is 0 Å². The second-order valence-electron chi connectivity index (χ2n) is 6.91.